The number of aromatic nitrogens is 5. The van der Waals surface area contributed by atoms with E-state index in [1.807, 2.05) is 0 Å². The van der Waals surface area contributed by atoms with Gasteiger partial charge in [-0.2, -0.15) is 0 Å². The number of fused-ring (bicyclic) bond motifs is 9. The second kappa shape index (κ2) is 14.0. The van der Waals surface area contributed by atoms with E-state index in [-0.39, 0.29) is 0 Å². The van der Waals surface area contributed by atoms with Crippen LogP contribution in [0.1, 0.15) is 0 Å². The molecule has 63 heavy (non-hydrogen) atoms. The Hall–Kier alpha value is -8.54. The molecule has 0 saturated carbocycles. The molecule has 13 aromatic rings. The summed E-state index contributed by atoms with van der Waals surface area (Å²) in [6.45, 7) is 0. The van der Waals surface area contributed by atoms with Crippen LogP contribution < -0.4 is 0 Å². The molecule has 9 aromatic carbocycles. The first-order valence-electron chi connectivity index (χ1n) is 21.4. The summed E-state index contributed by atoms with van der Waals surface area (Å²) in [7, 11) is 0. The van der Waals surface area contributed by atoms with Gasteiger partial charge in [0.2, 0.25) is 5.95 Å². The summed E-state index contributed by atoms with van der Waals surface area (Å²) in [4.78, 5) is 11.0. The van der Waals surface area contributed by atoms with Gasteiger partial charge >= 0.3 is 0 Å². The number of nitrogens with zero attached hydrogens (tertiary/aromatic N) is 5. The molecule has 13 rings (SSSR count). The lowest BCUT2D eigenvalue weighted by Crippen LogP contribution is -2.05. The van der Waals surface area contributed by atoms with Crippen molar-refractivity contribution < 1.29 is 0 Å². The zero-order valence-electron chi connectivity index (χ0n) is 34.1. The molecule has 0 aliphatic rings. The molecule has 4 heterocycles. The van der Waals surface area contributed by atoms with Gasteiger partial charge < -0.3 is 9.13 Å². The molecule has 4 aromatic heterocycles. The third-order valence-corrected chi connectivity index (χ3v) is 12.6. The van der Waals surface area contributed by atoms with E-state index in [2.05, 4.69) is 238 Å². The van der Waals surface area contributed by atoms with Gasteiger partial charge in [0.1, 0.15) is 5.69 Å². The first-order valence-corrected chi connectivity index (χ1v) is 21.4. The van der Waals surface area contributed by atoms with Crippen LogP contribution in [-0.4, -0.2) is 23.7 Å². The third kappa shape index (κ3) is 5.50. The van der Waals surface area contributed by atoms with Crippen molar-refractivity contribution in [2.24, 2.45) is 0 Å². The molecular weight excluding hydrogens is 767 g/mol. The lowest BCUT2D eigenvalue weighted by Gasteiger charge is -2.15. The molecule has 0 aliphatic heterocycles. The largest absolute Gasteiger partial charge is 0.309 e. The maximum atomic E-state index is 5.53. The summed E-state index contributed by atoms with van der Waals surface area (Å²) in [5.41, 5.74) is 14.9. The molecule has 0 unspecified atom stereocenters. The van der Waals surface area contributed by atoms with Gasteiger partial charge in [0.15, 0.2) is 0 Å². The zero-order chi connectivity index (χ0) is 41.4. The monoisotopic (exact) mass is 803 g/mol. The molecule has 5 nitrogen and oxygen atoms in total. The van der Waals surface area contributed by atoms with E-state index in [0.29, 0.717) is 5.95 Å². The minimum Gasteiger partial charge on any atom is -0.309 e. The van der Waals surface area contributed by atoms with Crippen molar-refractivity contribution in [3.63, 3.8) is 0 Å². The van der Waals surface area contributed by atoms with Gasteiger partial charge in [-0.3, -0.25) is 4.57 Å². The molecule has 0 radical (unpaired) electrons. The van der Waals surface area contributed by atoms with Crippen LogP contribution in [0.25, 0.3) is 116 Å². The van der Waals surface area contributed by atoms with Gasteiger partial charge in [0.05, 0.1) is 38.8 Å². The van der Waals surface area contributed by atoms with Gasteiger partial charge in [-0.05, 0) is 94.2 Å². The Bertz CT molecular complexity index is 3880. The van der Waals surface area contributed by atoms with Crippen molar-refractivity contribution in [2.75, 3.05) is 0 Å². The zero-order valence-corrected chi connectivity index (χ0v) is 34.1. The molecule has 0 fully saturated rings. The second-order valence-electron chi connectivity index (χ2n) is 16.2. The maximum Gasteiger partial charge on any atom is 0.235 e. The summed E-state index contributed by atoms with van der Waals surface area (Å²) < 4.78 is 6.95. The SMILES string of the molecule is c1ccc(-c2nc(-n3c4ccccc4c4cc(-c5ccc6c(c5)c5c7ccccc7ccc5n6-c5ccccc5)ccc43)nc3cc(-c4ccccc4)n(-c4ccccc4)c23)cc1. The lowest BCUT2D eigenvalue weighted by molar-refractivity contribution is 1.01. The highest BCUT2D eigenvalue weighted by atomic mass is 15.2. The first-order chi connectivity index (χ1) is 31.3. The smallest absolute Gasteiger partial charge is 0.235 e. The Morgan fingerprint density at radius 3 is 1.57 bits per heavy atom. The van der Waals surface area contributed by atoms with Crippen LogP contribution in [0.2, 0.25) is 0 Å². The van der Waals surface area contributed by atoms with E-state index < -0.39 is 0 Å². The molecule has 0 spiro atoms. The fourth-order valence-corrected chi connectivity index (χ4v) is 9.85. The topological polar surface area (TPSA) is 40.6 Å². The molecule has 0 N–H and O–H groups in total. The van der Waals surface area contributed by atoms with E-state index >= 15 is 0 Å². The van der Waals surface area contributed by atoms with Crippen molar-refractivity contribution in [3.05, 3.63) is 224 Å². The first kappa shape index (κ1) is 35.2. The molecule has 294 valence electrons. The van der Waals surface area contributed by atoms with Crippen LogP contribution in [0.4, 0.5) is 0 Å². The normalized spacial score (nSPS) is 11.8. The summed E-state index contributed by atoms with van der Waals surface area (Å²) in [5, 5.41) is 7.30. The van der Waals surface area contributed by atoms with Crippen molar-refractivity contribution in [1.82, 2.24) is 23.7 Å². The van der Waals surface area contributed by atoms with Crippen LogP contribution >= 0.6 is 0 Å². The van der Waals surface area contributed by atoms with E-state index in [1.54, 1.807) is 0 Å². The molecule has 0 bridgehead atoms. The minimum absolute atomic E-state index is 0.632. The molecular formula is C58H37N5. The van der Waals surface area contributed by atoms with E-state index in [4.69, 9.17) is 9.97 Å². The highest BCUT2D eigenvalue weighted by molar-refractivity contribution is 6.22. The Morgan fingerprint density at radius 2 is 0.857 bits per heavy atom. The predicted octanol–water partition coefficient (Wildman–Crippen LogP) is 14.8. The standard InChI is InChI=1S/C58H37N5/c1-5-18-39(19-6-1)54-37-49-57(62(54)44-24-11-4-12-25-44)56(40-20-7-2-8-21-40)60-58(59-49)63-50-28-16-15-27-46(50)47-35-41(30-32-51(47)63)42-31-33-52-48(36-42)55-45-26-14-13-17-38(45)29-34-53(55)61(52)43-22-9-3-10-23-43/h1-37H. The fraction of sp³-hybridized carbons (Fsp3) is 0. The highest BCUT2D eigenvalue weighted by Crippen LogP contribution is 2.42. The highest BCUT2D eigenvalue weighted by Gasteiger charge is 2.23. The fourth-order valence-electron chi connectivity index (χ4n) is 9.85. The molecule has 0 saturated heterocycles. The van der Waals surface area contributed by atoms with Crippen LogP contribution in [0.3, 0.4) is 0 Å². The molecule has 0 atom stereocenters. The van der Waals surface area contributed by atoms with Gasteiger partial charge in [-0.15, -0.1) is 0 Å². The van der Waals surface area contributed by atoms with Crippen LogP contribution in [-0.2, 0) is 0 Å². The number of hydrogen-bond acceptors (Lipinski definition) is 2. The number of para-hydroxylation sites is 3. The van der Waals surface area contributed by atoms with E-state index in [1.165, 1.54) is 38.1 Å². The lowest BCUT2D eigenvalue weighted by atomic mass is 9.99. The second-order valence-corrected chi connectivity index (χ2v) is 16.2. The molecule has 0 aliphatic carbocycles. The van der Waals surface area contributed by atoms with Crippen molar-refractivity contribution in [3.8, 4) is 51.0 Å². The van der Waals surface area contributed by atoms with Crippen molar-refractivity contribution in [1.29, 1.82) is 0 Å². The number of benzene rings is 9. The summed E-state index contributed by atoms with van der Waals surface area (Å²) in [5.74, 6) is 0.632. The van der Waals surface area contributed by atoms with Crippen LogP contribution in [0, 0.1) is 0 Å². The Kier molecular flexibility index (Phi) is 7.84. The summed E-state index contributed by atoms with van der Waals surface area (Å²) >= 11 is 0. The summed E-state index contributed by atoms with van der Waals surface area (Å²) in [6, 6.07) is 80.2. The predicted molar refractivity (Wildman–Crippen MR) is 261 cm³/mol. The molecule has 0 amide bonds. The maximum absolute atomic E-state index is 5.53. The summed E-state index contributed by atoms with van der Waals surface area (Å²) in [6.07, 6.45) is 0. The van der Waals surface area contributed by atoms with Crippen LogP contribution in [0.15, 0.2) is 224 Å². The number of rotatable bonds is 6. The average Bonchev–Trinajstić information content (AvgIpc) is 4.02. The minimum atomic E-state index is 0.632. The van der Waals surface area contributed by atoms with Gasteiger partial charge in [0.25, 0.3) is 0 Å². The Balaban J connectivity index is 1.04. The van der Waals surface area contributed by atoms with Crippen LogP contribution in [0.5, 0.6) is 0 Å². The van der Waals surface area contributed by atoms with Gasteiger partial charge in [-0.25, -0.2) is 9.97 Å². The Morgan fingerprint density at radius 1 is 0.317 bits per heavy atom. The van der Waals surface area contributed by atoms with Gasteiger partial charge in [0, 0.05) is 38.5 Å². The third-order valence-electron chi connectivity index (χ3n) is 12.6. The van der Waals surface area contributed by atoms with Gasteiger partial charge in [-0.1, -0.05) is 158 Å². The number of hydrogen-bond donors (Lipinski definition) is 0. The van der Waals surface area contributed by atoms with E-state index in [0.717, 1.165) is 72.3 Å². The van der Waals surface area contributed by atoms with Crippen molar-refractivity contribution in [2.45, 2.75) is 0 Å². The van der Waals surface area contributed by atoms with E-state index in [9.17, 15) is 0 Å². The van der Waals surface area contributed by atoms with Crippen molar-refractivity contribution >= 4 is 65.4 Å². The molecule has 5 heteroatoms. The Labute approximate surface area is 363 Å². The average molecular weight is 804 g/mol. The quantitative estimate of drug-likeness (QED) is 0.168.